The second-order valence-electron chi connectivity index (χ2n) is 4.63. The molecular formula is C10H19NO. The van der Waals surface area contributed by atoms with Crippen LogP contribution in [-0.4, -0.2) is 23.8 Å². The third-order valence-corrected chi connectivity index (χ3v) is 3.63. The molecular weight excluding hydrogens is 150 g/mol. The predicted octanol–water partition coefficient (Wildman–Crippen LogP) is 1.15. The maximum atomic E-state index is 10.1. The number of nitrogens with one attached hydrogen (secondary N) is 1. The molecule has 0 spiro atoms. The minimum Gasteiger partial charge on any atom is -0.390 e. The van der Waals surface area contributed by atoms with Gasteiger partial charge in [-0.3, -0.25) is 0 Å². The first-order valence-corrected chi connectivity index (χ1v) is 5.13. The summed E-state index contributed by atoms with van der Waals surface area (Å²) in [5.74, 6) is 1.31. The zero-order valence-electron chi connectivity index (χ0n) is 7.84. The second-order valence-corrected chi connectivity index (χ2v) is 4.63. The van der Waals surface area contributed by atoms with E-state index in [2.05, 4.69) is 5.32 Å². The van der Waals surface area contributed by atoms with Crippen molar-refractivity contribution in [3.8, 4) is 0 Å². The van der Waals surface area contributed by atoms with Crippen LogP contribution in [0.15, 0.2) is 0 Å². The van der Waals surface area contributed by atoms with Crippen LogP contribution in [0.2, 0.25) is 0 Å². The summed E-state index contributed by atoms with van der Waals surface area (Å²) in [4.78, 5) is 0. The monoisotopic (exact) mass is 169 g/mol. The molecule has 0 aromatic heterocycles. The molecule has 2 N–H and O–H groups in total. The third-order valence-electron chi connectivity index (χ3n) is 3.63. The van der Waals surface area contributed by atoms with Crippen LogP contribution < -0.4 is 5.32 Å². The smallest absolute Gasteiger partial charge is 0.0651 e. The summed E-state index contributed by atoms with van der Waals surface area (Å²) in [5, 5.41) is 13.4. The zero-order valence-corrected chi connectivity index (χ0v) is 7.84. The molecule has 2 rings (SSSR count). The molecule has 1 saturated heterocycles. The zero-order chi connectivity index (χ0) is 8.60. The van der Waals surface area contributed by atoms with E-state index in [-0.39, 0.29) is 5.60 Å². The van der Waals surface area contributed by atoms with E-state index in [9.17, 15) is 5.11 Å². The Labute approximate surface area is 74.4 Å². The standard InChI is InChI=1S/C10H19NO/c1-10(12)5-3-2-4-9(10)8-6-11-7-8/h8-9,11-12H,2-7H2,1H3. The van der Waals surface area contributed by atoms with Crippen LogP contribution in [0.1, 0.15) is 32.6 Å². The molecule has 70 valence electrons. The van der Waals surface area contributed by atoms with E-state index in [1.807, 2.05) is 6.92 Å². The van der Waals surface area contributed by atoms with Gasteiger partial charge in [-0.25, -0.2) is 0 Å². The van der Waals surface area contributed by atoms with Crippen molar-refractivity contribution in [2.24, 2.45) is 11.8 Å². The van der Waals surface area contributed by atoms with Gasteiger partial charge in [0, 0.05) is 0 Å². The van der Waals surface area contributed by atoms with Gasteiger partial charge in [0.1, 0.15) is 0 Å². The summed E-state index contributed by atoms with van der Waals surface area (Å²) in [5.41, 5.74) is -0.370. The van der Waals surface area contributed by atoms with Gasteiger partial charge in [0.25, 0.3) is 0 Å². The van der Waals surface area contributed by atoms with Crippen molar-refractivity contribution < 1.29 is 5.11 Å². The van der Waals surface area contributed by atoms with Gasteiger partial charge < -0.3 is 10.4 Å². The molecule has 2 nitrogen and oxygen atoms in total. The summed E-state index contributed by atoms with van der Waals surface area (Å²) in [6.45, 7) is 4.27. The molecule has 2 fully saturated rings. The van der Waals surface area contributed by atoms with E-state index in [0.717, 1.165) is 25.4 Å². The van der Waals surface area contributed by atoms with E-state index in [0.29, 0.717) is 5.92 Å². The topological polar surface area (TPSA) is 32.3 Å². The first-order chi connectivity index (χ1) is 5.70. The Morgan fingerprint density at radius 3 is 2.58 bits per heavy atom. The van der Waals surface area contributed by atoms with Gasteiger partial charge in [-0.05, 0) is 44.7 Å². The molecule has 2 heteroatoms. The summed E-state index contributed by atoms with van der Waals surface area (Å²) < 4.78 is 0. The molecule has 1 saturated carbocycles. The van der Waals surface area contributed by atoms with Gasteiger partial charge in [-0.15, -0.1) is 0 Å². The van der Waals surface area contributed by atoms with Gasteiger partial charge in [-0.1, -0.05) is 12.8 Å². The molecule has 0 bridgehead atoms. The van der Waals surface area contributed by atoms with E-state index in [1.54, 1.807) is 0 Å². The Hall–Kier alpha value is -0.0800. The average Bonchev–Trinajstić information content (AvgIpc) is 1.89. The first kappa shape index (κ1) is 8.52. The van der Waals surface area contributed by atoms with Crippen molar-refractivity contribution in [1.82, 2.24) is 5.32 Å². The van der Waals surface area contributed by atoms with Gasteiger partial charge in [0.15, 0.2) is 0 Å². The summed E-state index contributed by atoms with van der Waals surface area (Å²) in [7, 11) is 0. The van der Waals surface area contributed by atoms with Crippen LogP contribution in [0.25, 0.3) is 0 Å². The van der Waals surface area contributed by atoms with Gasteiger partial charge >= 0.3 is 0 Å². The molecule has 2 aliphatic rings. The van der Waals surface area contributed by atoms with Crippen molar-refractivity contribution in [3.63, 3.8) is 0 Å². The molecule has 1 aliphatic heterocycles. The summed E-state index contributed by atoms with van der Waals surface area (Å²) in [6, 6.07) is 0. The predicted molar refractivity (Wildman–Crippen MR) is 48.9 cm³/mol. The summed E-state index contributed by atoms with van der Waals surface area (Å²) >= 11 is 0. The maximum absolute atomic E-state index is 10.1. The Morgan fingerprint density at radius 1 is 1.33 bits per heavy atom. The number of aliphatic hydroxyl groups is 1. The minimum atomic E-state index is -0.370. The Morgan fingerprint density at radius 2 is 2.08 bits per heavy atom. The molecule has 0 amide bonds. The van der Waals surface area contributed by atoms with Crippen LogP contribution in [0, 0.1) is 11.8 Å². The minimum absolute atomic E-state index is 0.370. The molecule has 0 radical (unpaired) electrons. The van der Waals surface area contributed by atoms with Crippen molar-refractivity contribution in [2.75, 3.05) is 13.1 Å². The van der Waals surface area contributed by atoms with Crippen molar-refractivity contribution in [2.45, 2.75) is 38.2 Å². The van der Waals surface area contributed by atoms with Gasteiger partial charge in [-0.2, -0.15) is 0 Å². The lowest BCUT2D eigenvalue weighted by atomic mass is 9.68. The summed E-state index contributed by atoms with van der Waals surface area (Å²) in [6.07, 6.45) is 4.77. The number of hydrogen-bond acceptors (Lipinski definition) is 2. The van der Waals surface area contributed by atoms with Crippen LogP contribution in [0.4, 0.5) is 0 Å². The van der Waals surface area contributed by atoms with Crippen LogP contribution in [-0.2, 0) is 0 Å². The lowest BCUT2D eigenvalue weighted by molar-refractivity contribution is -0.0653. The van der Waals surface area contributed by atoms with Crippen molar-refractivity contribution >= 4 is 0 Å². The van der Waals surface area contributed by atoms with Crippen LogP contribution >= 0.6 is 0 Å². The van der Waals surface area contributed by atoms with E-state index >= 15 is 0 Å². The molecule has 0 aromatic carbocycles. The third kappa shape index (κ3) is 1.38. The Kier molecular flexibility index (Phi) is 2.13. The highest BCUT2D eigenvalue weighted by molar-refractivity contribution is 4.94. The Bertz CT molecular complexity index is 163. The number of hydrogen-bond donors (Lipinski definition) is 2. The van der Waals surface area contributed by atoms with Crippen LogP contribution in [0.3, 0.4) is 0 Å². The highest BCUT2D eigenvalue weighted by Crippen LogP contribution is 2.39. The molecule has 1 heterocycles. The highest BCUT2D eigenvalue weighted by atomic mass is 16.3. The maximum Gasteiger partial charge on any atom is 0.0651 e. The SMILES string of the molecule is CC1(O)CCCCC1C1CNC1. The van der Waals surface area contributed by atoms with E-state index in [4.69, 9.17) is 0 Å². The van der Waals surface area contributed by atoms with E-state index < -0.39 is 0 Å². The molecule has 1 aliphatic carbocycles. The fraction of sp³-hybridized carbons (Fsp3) is 1.00. The molecule has 2 unspecified atom stereocenters. The average molecular weight is 169 g/mol. The van der Waals surface area contributed by atoms with Crippen molar-refractivity contribution in [1.29, 1.82) is 0 Å². The molecule has 0 aromatic rings. The molecule has 2 atom stereocenters. The first-order valence-electron chi connectivity index (χ1n) is 5.13. The quantitative estimate of drug-likeness (QED) is 0.617. The largest absolute Gasteiger partial charge is 0.390 e. The lowest BCUT2D eigenvalue weighted by Crippen LogP contribution is -2.53. The number of rotatable bonds is 1. The fourth-order valence-electron chi connectivity index (χ4n) is 2.68. The lowest BCUT2D eigenvalue weighted by Gasteiger charge is -2.45. The molecule has 12 heavy (non-hydrogen) atoms. The van der Waals surface area contributed by atoms with E-state index in [1.165, 1.54) is 19.3 Å². The van der Waals surface area contributed by atoms with Crippen molar-refractivity contribution in [3.05, 3.63) is 0 Å². The normalized spacial score (nSPS) is 44.0. The van der Waals surface area contributed by atoms with Crippen LogP contribution in [0.5, 0.6) is 0 Å². The highest BCUT2D eigenvalue weighted by Gasteiger charge is 2.41. The van der Waals surface area contributed by atoms with Gasteiger partial charge in [0.05, 0.1) is 5.60 Å². The second kappa shape index (κ2) is 3.00. The Balaban J connectivity index is 2.00. The van der Waals surface area contributed by atoms with Gasteiger partial charge in [0.2, 0.25) is 0 Å². The fourth-order valence-corrected chi connectivity index (χ4v) is 2.68.